The van der Waals surface area contributed by atoms with Gasteiger partial charge in [0.25, 0.3) is 5.91 Å². The maximum Gasteiger partial charge on any atom is 0.253 e. The highest BCUT2D eigenvalue weighted by molar-refractivity contribution is 7.99. The second-order valence-electron chi connectivity index (χ2n) is 6.86. The Kier molecular flexibility index (Phi) is 6.17. The van der Waals surface area contributed by atoms with Gasteiger partial charge in [-0.2, -0.15) is 4.31 Å². The van der Waals surface area contributed by atoms with Crippen LogP contribution in [0, 0.1) is 0 Å². The van der Waals surface area contributed by atoms with Crippen LogP contribution in [0.3, 0.4) is 0 Å². The number of hydrogen-bond acceptors (Lipinski definition) is 5. The standard InChI is InChI=1S/C20H21ClN2O4S2/c21-17-6-5-14(29(25,26)23-8-10-27-11-9-23)13-16(17)20(24)22-18-7-12-28-19-4-2-1-3-15(18)19/h1-6,13,18H,7-12H2,(H,22,24). The van der Waals surface area contributed by atoms with Crippen LogP contribution in [0.15, 0.2) is 52.3 Å². The van der Waals surface area contributed by atoms with Crippen LogP contribution in [0.25, 0.3) is 0 Å². The predicted molar refractivity (Wildman–Crippen MR) is 113 cm³/mol. The third kappa shape index (κ3) is 4.32. The van der Waals surface area contributed by atoms with Crippen molar-refractivity contribution in [1.29, 1.82) is 0 Å². The van der Waals surface area contributed by atoms with E-state index in [9.17, 15) is 13.2 Å². The first-order chi connectivity index (χ1) is 14.0. The average molecular weight is 453 g/mol. The Balaban J connectivity index is 1.59. The minimum Gasteiger partial charge on any atom is -0.379 e. The number of thioether (sulfide) groups is 1. The largest absolute Gasteiger partial charge is 0.379 e. The first-order valence-electron chi connectivity index (χ1n) is 9.37. The van der Waals surface area contributed by atoms with Gasteiger partial charge >= 0.3 is 0 Å². The Morgan fingerprint density at radius 1 is 1.17 bits per heavy atom. The summed E-state index contributed by atoms with van der Waals surface area (Å²) in [5.41, 5.74) is 1.24. The number of sulfonamides is 1. The monoisotopic (exact) mass is 452 g/mol. The quantitative estimate of drug-likeness (QED) is 0.770. The van der Waals surface area contributed by atoms with Gasteiger partial charge in [0.1, 0.15) is 0 Å². The van der Waals surface area contributed by atoms with E-state index in [1.165, 1.54) is 22.5 Å². The second-order valence-corrected chi connectivity index (χ2v) is 10.3. The molecular formula is C20H21ClN2O4S2. The number of rotatable bonds is 4. The molecule has 1 saturated heterocycles. The molecule has 1 N–H and O–H groups in total. The van der Waals surface area contributed by atoms with Gasteiger partial charge < -0.3 is 10.1 Å². The van der Waals surface area contributed by atoms with Crippen LogP contribution in [0.4, 0.5) is 0 Å². The average Bonchev–Trinajstić information content (AvgIpc) is 2.75. The lowest BCUT2D eigenvalue weighted by Gasteiger charge is -2.27. The number of carbonyl (C=O) groups excluding carboxylic acids is 1. The number of nitrogens with zero attached hydrogens (tertiary/aromatic N) is 1. The molecule has 2 heterocycles. The summed E-state index contributed by atoms with van der Waals surface area (Å²) in [6.45, 7) is 1.31. The minimum atomic E-state index is -3.71. The van der Waals surface area contributed by atoms with Crippen LogP contribution in [0.1, 0.15) is 28.4 Å². The molecule has 2 aromatic carbocycles. The Bertz CT molecular complexity index is 1020. The molecule has 0 saturated carbocycles. The van der Waals surface area contributed by atoms with E-state index in [0.29, 0.717) is 26.3 Å². The van der Waals surface area contributed by atoms with Crippen LogP contribution in [-0.2, 0) is 14.8 Å². The normalized spacial score (nSPS) is 20.1. The Morgan fingerprint density at radius 3 is 2.72 bits per heavy atom. The van der Waals surface area contributed by atoms with Gasteiger partial charge in [0.05, 0.1) is 34.7 Å². The number of amides is 1. The van der Waals surface area contributed by atoms with Gasteiger partial charge in [0.15, 0.2) is 0 Å². The summed E-state index contributed by atoms with van der Waals surface area (Å²) in [6, 6.07) is 12.1. The van der Waals surface area contributed by atoms with Gasteiger partial charge in [-0.1, -0.05) is 29.8 Å². The number of ether oxygens (including phenoxy) is 1. The molecule has 2 aliphatic rings. The highest BCUT2D eigenvalue weighted by Crippen LogP contribution is 2.36. The number of nitrogens with one attached hydrogen (secondary N) is 1. The van der Waals surface area contributed by atoms with Crippen LogP contribution < -0.4 is 5.32 Å². The lowest BCUT2D eigenvalue weighted by Crippen LogP contribution is -2.40. The molecule has 6 nitrogen and oxygen atoms in total. The maximum atomic E-state index is 13.0. The molecular weight excluding hydrogens is 432 g/mol. The number of fused-ring (bicyclic) bond motifs is 1. The van der Waals surface area contributed by atoms with Crippen LogP contribution in [0.2, 0.25) is 5.02 Å². The molecule has 1 atom stereocenters. The molecule has 2 aromatic rings. The Labute approximate surface area is 179 Å². The summed E-state index contributed by atoms with van der Waals surface area (Å²) in [5.74, 6) is 0.530. The summed E-state index contributed by atoms with van der Waals surface area (Å²) in [7, 11) is -3.71. The molecule has 0 spiro atoms. The fourth-order valence-corrected chi connectivity index (χ4v) is 6.27. The van der Waals surface area contributed by atoms with Crippen molar-refractivity contribution < 1.29 is 17.9 Å². The van der Waals surface area contributed by atoms with E-state index in [0.717, 1.165) is 22.6 Å². The smallest absolute Gasteiger partial charge is 0.253 e. The summed E-state index contributed by atoms with van der Waals surface area (Å²) in [5, 5.41) is 3.25. The zero-order chi connectivity index (χ0) is 20.4. The lowest BCUT2D eigenvalue weighted by molar-refractivity contribution is 0.0730. The van der Waals surface area contributed by atoms with E-state index in [1.807, 2.05) is 24.3 Å². The van der Waals surface area contributed by atoms with Crippen molar-refractivity contribution in [2.75, 3.05) is 32.1 Å². The van der Waals surface area contributed by atoms with Crippen molar-refractivity contribution in [3.8, 4) is 0 Å². The molecule has 0 radical (unpaired) electrons. The van der Waals surface area contributed by atoms with Gasteiger partial charge in [-0.15, -0.1) is 11.8 Å². The maximum absolute atomic E-state index is 13.0. The molecule has 1 fully saturated rings. The van der Waals surface area contributed by atoms with Gasteiger partial charge in [0.2, 0.25) is 10.0 Å². The zero-order valence-corrected chi connectivity index (χ0v) is 18.0. The molecule has 4 rings (SSSR count). The summed E-state index contributed by atoms with van der Waals surface area (Å²) < 4.78 is 32.4. The van der Waals surface area contributed by atoms with Crippen molar-refractivity contribution in [2.24, 2.45) is 0 Å². The van der Waals surface area contributed by atoms with Gasteiger partial charge in [-0.3, -0.25) is 4.79 Å². The zero-order valence-electron chi connectivity index (χ0n) is 15.6. The van der Waals surface area contributed by atoms with Crippen LogP contribution in [-0.4, -0.2) is 50.7 Å². The van der Waals surface area contributed by atoms with E-state index >= 15 is 0 Å². The Hall–Kier alpha value is -1.58. The van der Waals surface area contributed by atoms with E-state index in [2.05, 4.69) is 5.32 Å². The highest BCUT2D eigenvalue weighted by atomic mass is 35.5. The first-order valence-corrected chi connectivity index (χ1v) is 12.2. The summed E-state index contributed by atoms with van der Waals surface area (Å²) in [6.07, 6.45) is 0.802. The first kappa shape index (κ1) is 20.7. The molecule has 2 aliphatic heterocycles. The fraction of sp³-hybridized carbons (Fsp3) is 0.350. The minimum absolute atomic E-state index is 0.0635. The third-order valence-corrected chi connectivity index (χ3v) is 8.40. The van der Waals surface area contributed by atoms with Crippen LogP contribution in [0.5, 0.6) is 0 Å². The molecule has 0 aromatic heterocycles. The Morgan fingerprint density at radius 2 is 1.93 bits per heavy atom. The fourth-order valence-electron chi connectivity index (χ4n) is 3.50. The molecule has 9 heteroatoms. The van der Waals surface area contributed by atoms with Crippen molar-refractivity contribution in [1.82, 2.24) is 9.62 Å². The summed E-state index contributed by atoms with van der Waals surface area (Å²) >= 11 is 8.02. The van der Waals surface area contributed by atoms with E-state index in [-0.39, 0.29) is 27.4 Å². The lowest BCUT2D eigenvalue weighted by atomic mass is 10.0. The number of benzene rings is 2. The number of carbonyl (C=O) groups is 1. The second kappa shape index (κ2) is 8.65. The molecule has 29 heavy (non-hydrogen) atoms. The SMILES string of the molecule is O=C(NC1CCSc2ccccc21)c1cc(S(=O)(=O)N2CCOCC2)ccc1Cl. The van der Waals surface area contributed by atoms with E-state index in [1.54, 1.807) is 11.8 Å². The van der Waals surface area contributed by atoms with Gasteiger partial charge in [0, 0.05) is 23.7 Å². The van der Waals surface area contributed by atoms with Crippen molar-refractivity contribution in [3.63, 3.8) is 0 Å². The van der Waals surface area contributed by atoms with Gasteiger partial charge in [-0.25, -0.2) is 8.42 Å². The van der Waals surface area contributed by atoms with Crippen LogP contribution >= 0.6 is 23.4 Å². The van der Waals surface area contributed by atoms with E-state index < -0.39 is 10.0 Å². The molecule has 1 unspecified atom stereocenters. The van der Waals surface area contributed by atoms with Crippen molar-refractivity contribution >= 4 is 39.3 Å². The molecule has 0 aliphatic carbocycles. The predicted octanol–water partition coefficient (Wildman–Crippen LogP) is 3.33. The number of morpholine rings is 1. The number of halogens is 1. The van der Waals surface area contributed by atoms with Gasteiger partial charge in [-0.05, 0) is 36.2 Å². The highest BCUT2D eigenvalue weighted by Gasteiger charge is 2.28. The molecule has 1 amide bonds. The van der Waals surface area contributed by atoms with Crippen molar-refractivity contribution in [2.45, 2.75) is 22.3 Å². The van der Waals surface area contributed by atoms with E-state index in [4.69, 9.17) is 16.3 Å². The third-order valence-electron chi connectivity index (χ3n) is 5.05. The molecule has 154 valence electrons. The number of hydrogen-bond donors (Lipinski definition) is 1. The molecule has 0 bridgehead atoms. The van der Waals surface area contributed by atoms with Crippen molar-refractivity contribution in [3.05, 3.63) is 58.6 Å². The summed E-state index contributed by atoms with van der Waals surface area (Å²) in [4.78, 5) is 14.2. The topological polar surface area (TPSA) is 75.7 Å².